The topological polar surface area (TPSA) is 112 Å². The van der Waals surface area contributed by atoms with Crippen LogP contribution in [0, 0.1) is 11.3 Å². The first-order valence-electron chi connectivity index (χ1n) is 8.55. The van der Waals surface area contributed by atoms with E-state index in [4.69, 9.17) is 15.2 Å². The summed E-state index contributed by atoms with van der Waals surface area (Å²) in [5, 5.41) is 13.8. The van der Waals surface area contributed by atoms with Gasteiger partial charge in [0, 0.05) is 38.0 Å². The van der Waals surface area contributed by atoms with Crippen molar-refractivity contribution in [3.8, 4) is 29.1 Å². The Hall–Kier alpha value is -3.28. The molecule has 0 atom stereocenters. The van der Waals surface area contributed by atoms with Crippen LogP contribution in [0.2, 0.25) is 0 Å². The second kappa shape index (κ2) is 7.15. The van der Waals surface area contributed by atoms with Crippen LogP contribution in [0.4, 0.5) is 0 Å². The number of ether oxygens (including phenoxy) is 2. The molecule has 8 nitrogen and oxygen atoms in total. The first-order valence-corrected chi connectivity index (χ1v) is 8.55. The summed E-state index contributed by atoms with van der Waals surface area (Å²) < 4.78 is 13.4. The largest absolute Gasteiger partial charge is 0.438 e. The van der Waals surface area contributed by atoms with Gasteiger partial charge in [-0.2, -0.15) is 10.4 Å². The summed E-state index contributed by atoms with van der Waals surface area (Å²) in [6.07, 6.45) is 4.12. The van der Waals surface area contributed by atoms with Crippen molar-refractivity contribution in [2.75, 3.05) is 6.61 Å². The quantitative estimate of drug-likeness (QED) is 0.756. The number of hydrogen-bond acceptors (Lipinski definition) is 7. The van der Waals surface area contributed by atoms with Gasteiger partial charge in [0.1, 0.15) is 5.75 Å². The molecule has 27 heavy (non-hydrogen) atoms. The van der Waals surface area contributed by atoms with Gasteiger partial charge >= 0.3 is 0 Å². The fraction of sp³-hybridized carbons (Fsp3) is 0.263. The van der Waals surface area contributed by atoms with Crippen molar-refractivity contribution in [3.05, 3.63) is 53.0 Å². The highest BCUT2D eigenvalue weighted by Gasteiger charge is 2.23. The molecule has 0 amide bonds. The molecule has 2 aromatic heterocycles. The molecule has 4 rings (SSSR count). The van der Waals surface area contributed by atoms with Gasteiger partial charge in [-0.25, -0.2) is 14.6 Å². The van der Waals surface area contributed by atoms with Crippen LogP contribution in [0.15, 0.2) is 30.6 Å². The summed E-state index contributed by atoms with van der Waals surface area (Å²) >= 11 is 0. The number of aryl methyl sites for hydroxylation is 1. The van der Waals surface area contributed by atoms with Crippen LogP contribution in [0.1, 0.15) is 22.4 Å². The van der Waals surface area contributed by atoms with E-state index in [-0.39, 0.29) is 0 Å². The van der Waals surface area contributed by atoms with Crippen molar-refractivity contribution in [3.63, 3.8) is 0 Å². The van der Waals surface area contributed by atoms with E-state index in [1.165, 1.54) is 0 Å². The molecule has 2 N–H and O–H groups in total. The standard InChI is InChI=1S/C19H18N6O2/c1-25-19(15-11-26-5-4-16(15)24-25)27-17-6-12(7-20)2-3-14(17)18-22-9-13(8-21)10-23-18/h2-3,6,9-10H,4-5,8,11,21H2,1H3. The Labute approximate surface area is 156 Å². The molecule has 0 saturated heterocycles. The Morgan fingerprint density at radius 2 is 2.15 bits per heavy atom. The predicted octanol–water partition coefficient (Wildman–Crippen LogP) is 2.07. The molecule has 3 heterocycles. The van der Waals surface area contributed by atoms with Crippen LogP contribution < -0.4 is 10.5 Å². The van der Waals surface area contributed by atoms with Crippen LogP contribution in [0.25, 0.3) is 11.4 Å². The molecule has 1 aliphatic heterocycles. The zero-order valence-electron chi connectivity index (χ0n) is 14.8. The number of fused-ring (bicyclic) bond motifs is 1. The minimum Gasteiger partial charge on any atom is -0.438 e. The highest BCUT2D eigenvalue weighted by atomic mass is 16.5. The number of nitrogens with two attached hydrogens (primary N) is 1. The van der Waals surface area contributed by atoms with E-state index in [0.29, 0.717) is 48.3 Å². The summed E-state index contributed by atoms with van der Waals surface area (Å²) in [7, 11) is 1.83. The Morgan fingerprint density at radius 1 is 1.33 bits per heavy atom. The van der Waals surface area contributed by atoms with Gasteiger partial charge in [-0.1, -0.05) is 0 Å². The third-order valence-corrected chi connectivity index (χ3v) is 4.40. The maximum atomic E-state index is 9.28. The molecule has 136 valence electrons. The summed E-state index contributed by atoms with van der Waals surface area (Å²) in [4.78, 5) is 8.75. The van der Waals surface area contributed by atoms with Gasteiger partial charge in [0.2, 0.25) is 5.88 Å². The van der Waals surface area contributed by atoms with E-state index in [9.17, 15) is 5.26 Å². The maximum absolute atomic E-state index is 9.28. The van der Waals surface area contributed by atoms with E-state index < -0.39 is 0 Å². The number of rotatable bonds is 4. The number of hydrogen-bond donors (Lipinski definition) is 1. The van der Waals surface area contributed by atoms with E-state index in [1.54, 1.807) is 35.3 Å². The second-order valence-corrected chi connectivity index (χ2v) is 6.20. The predicted molar refractivity (Wildman–Crippen MR) is 96.7 cm³/mol. The molecule has 0 saturated carbocycles. The van der Waals surface area contributed by atoms with Crippen molar-refractivity contribution in [2.24, 2.45) is 12.8 Å². The monoisotopic (exact) mass is 362 g/mol. The Balaban J connectivity index is 1.77. The zero-order chi connectivity index (χ0) is 18.8. The third-order valence-electron chi connectivity index (χ3n) is 4.40. The van der Waals surface area contributed by atoms with Crippen LogP contribution in [-0.4, -0.2) is 26.4 Å². The smallest absolute Gasteiger partial charge is 0.223 e. The SMILES string of the molecule is Cn1nc2c(c1Oc1cc(C#N)ccc1-c1ncc(CN)cn1)COCC2. The lowest BCUT2D eigenvalue weighted by molar-refractivity contribution is 0.108. The van der Waals surface area contributed by atoms with Gasteiger partial charge in [0.25, 0.3) is 0 Å². The first kappa shape index (κ1) is 17.1. The van der Waals surface area contributed by atoms with E-state index >= 15 is 0 Å². The third kappa shape index (κ3) is 3.26. The van der Waals surface area contributed by atoms with Gasteiger partial charge in [-0.3, -0.25) is 0 Å². The number of benzene rings is 1. The lowest BCUT2D eigenvalue weighted by atomic mass is 10.1. The van der Waals surface area contributed by atoms with Crippen LogP contribution in [0.3, 0.4) is 0 Å². The van der Waals surface area contributed by atoms with Crippen molar-refractivity contribution in [2.45, 2.75) is 19.6 Å². The fourth-order valence-electron chi connectivity index (χ4n) is 2.99. The molecule has 0 unspecified atom stereocenters. The summed E-state index contributed by atoms with van der Waals surface area (Å²) in [6.45, 7) is 1.48. The summed E-state index contributed by atoms with van der Waals surface area (Å²) in [6, 6.07) is 7.31. The van der Waals surface area contributed by atoms with Crippen molar-refractivity contribution in [1.29, 1.82) is 5.26 Å². The Kier molecular flexibility index (Phi) is 4.54. The van der Waals surface area contributed by atoms with Crippen LogP contribution in [-0.2, 0) is 31.4 Å². The van der Waals surface area contributed by atoms with Crippen molar-refractivity contribution >= 4 is 0 Å². The Bertz CT molecular complexity index is 1020. The van der Waals surface area contributed by atoms with Gasteiger partial charge in [0.15, 0.2) is 5.82 Å². The number of nitrogens with zero attached hydrogens (tertiary/aromatic N) is 5. The molecule has 0 fully saturated rings. The lowest BCUT2D eigenvalue weighted by Gasteiger charge is -2.15. The van der Waals surface area contributed by atoms with Crippen molar-refractivity contribution < 1.29 is 9.47 Å². The van der Waals surface area contributed by atoms with Crippen LogP contribution >= 0.6 is 0 Å². The highest BCUT2D eigenvalue weighted by molar-refractivity contribution is 5.66. The molecular formula is C19H18N6O2. The van der Waals surface area contributed by atoms with Gasteiger partial charge < -0.3 is 15.2 Å². The second-order valence-electron chi connectivity index (χ2n) is 6.20. The highest BCUT2D eigenvalue weighted by Crippen LogP contribution is 2.35. The minimum atomic E-state index is 0.373. The summed E-state index contributed by atoms with van der Waals surface area (Å²) in [5.74, 6) is 1.59. The number of aromatic nitrogens is 4. The average molecular weight is 362 g/mol. The minimum absolute atomic E-state index is 0.373. The zero-order valence-corrected chi connectivity index (χ0v) is 14.8. The van der Waals surface area contributed by atoms with E-state index in [0.717, 1.165) is 23.2 Å². The average Bonchev–Trinajstić information content (AvgIpc) is 3.03. The fourth-order valence-corrected chi connectivity index (χ4v) is 2.99. The van der Waals surface area contributed by atoms with Gasteiger partial charge in [-0.15, -0.1) is 0 Å². The van der Waals surface area contributed by atoms with Crippen LogP contribution in [0.5, 0.6) is 11.6 Å². The van der Waals surface area contributed by atoms with Gasteiger partial charge in [0.05, 0.1) is 41.7 Å². The lowest BCUT2D eigenvalue weighted by Crippen LogP contribution is -2.09. The molecule has 0 radical (unpaired) electrons. The molecule has 0 spiro atoms. The van der Waals surface area contributed by atoms with Gasteiger partial charge in [-0.05, 0) is 18.2 Å². The van der Waals surface area contributed by atoms with E-state index in [2.05, 4.69) is 21.1 Å². The maximum Gasteiger partial charge on any atom is 0.223 e. The molecule has 8 heteroatoms. The first-order chi connectivity index (χ1) is 13.2. The molecule has 0 bridgehead atoms. The molecule has 1 aromatic carbocycles. The Morgan fingerprint density at radius 3 is 2.89 bits per heavy atom. The number of nitriles is 1. The summed E-state index contributed by atoms with van der Waals surface area (Å²) in [5.41, 5.74) is 9.53. The van der Waals surface area contributed by atoms with Crippen molar-refractivity contribution in [1.82, 2.24) is 19.7 Å². The molecule has 1 aliphatic rings. The molecular weight excluding hydrogens is 344 g/mol. The molecule has 3 aromatic rings. The normalized spacial score (nSPS) is 13.1. The van der Waals surface area contributed by atoms with E-state index in [1.807, 2.05) is 7.05 Å². The molecule has 0 aliphatic carbocycles.